The van der Waals surface area contributed by atoms with Crippen molar-refractivity contribution in [2.75, 3.05) is 13.1 Å². The van der Waals surface area contributed by atoms with E-state index in [1.54, 1.807) is 0 Å². The van der Waals surface area contributed by atoms with Crippen molar-refractivity contribution in [1.82, 2.24) is 10.2 Å². The zero-order valence-electron chi connectivity index (χ0n) is 16.3. The standard InChI is InChI=1S/C22H24F2N2O3/c1-15(29-18-8-9-19(23)20(24)13-18)22(28)25-11-4-7-21(27)26-12-10-16-5-2-3-6-17(16)14-26/h2-3,5-6,8-9,13,15H,4,7,10-12,14H2,1H3,(H,25,28). The number of benzene rings is 2. The van der Waals surface area contributed by atoms with Gasteiger partial charge in [-0.1, -0.05) is 24.3 Å². The summed E-state index contributed by atoms with van der Waals surface area (Å²) in [7, 11) is 0. The molecule has 0 radical (unpaired) electrons. The molecule has 1 unspecified atom stereocenters. The largest absolute Gasteiger partial charge is 0.481 e. The number of fused-ring (bicyclic) bond motifs is 1. The molecule has 29 heavy (non-hydrogen) atoms. The lowest BCUT2D eigenvalue weighted by Crippen LogP contribution is -2.38. The van der Waals surface area contributed by atoms with Gasteiger partial charge in [-0.2, -0.15) is 0 Å². The van der Waals surface area contributed by atoms with Gasteiger partial charge in [0.15, 0.2) is 17.7 Å². The molecule has 1 atom stereocenters. The summed E-state index contributed by atoms with van der Waals surface area (Å²) < 4.78 is 31.5. The molecule has 0 spiro atoms. The molecule has 1 heterocycles. The van der Waals surface area contributed by atoms with Gasteiger partial charge in [-0.15, -0.1) is 0 Å². The predicted molar refractivity (Wildman–Crippen MR) is 104 cm³/mol. The summed E-state index contributed by atoms with van der Waals surface area (Å²) in [6, 6.07) is 11.2. The Hall–Kier alpha value is -2.96. The molecule has 154 valence electrons. The molecule has 1 N–H and O–H groups in total. The van der Waals surface area contributed by atoms with E-state index >= 15 is 0 Å². The van der Waals surface area contributed by atoms with Crippen LogP contribution in [0.4, 0.5) is 8.78 Å². The SMILES string of the molecule is CC(Oc1ccc(F)c(F)c1)C(=O)NCCCC(=O)N1CCc2ccccc2C1. The molecule has 5 nitrogen and oxygen atoms in total. The molecule has 3 rings (SSSR count). The molecule has 0 aliphatic carbocycles. The van der Waals surface area contributed by atoms with Crippen LogP contribution in [-0.4, -0.2) is 35.9 Å². The van der Waals surface area contributed by atoms with Gasteiger partial charge in [0.2, 0.25) is 5.91 Å². The highest BCUT2D eigenvalue weighted by Gasteiger charge is 2.20. The van der Waals surface area contributed by atoms with Crippen molar-refractivity contribution in [3.05, 3.63) is 65.2 Å². The predicted octanol–water partition coefficient (Wildman–Crippen LogP) is 3.21. The highest BCUT2D eigenvalue weighted by molar-refractivity contribution is 5.81. The Balaban J connectivity index is 1.38. The van der Waals surface area contributed by atoms with Crippen LogP contribution < -0.4 is 10.1 Å². The number of carbonyl (C=O) groups is 2. The van der Waals surface area contributed by atoms with Crippen molar-refractivity contribution < 1.29 is 23.1 Å². The van der Waals surface area contributed by atoms with Gasteiger partial charge < -0.3 is 15.0 Å². The van der Waals surface area contributed by atoms with Crippen LogP contribution in [0.1, 0.15) is 30.9 Å². The van der Waals surface area contributed by atoms with Crippen LogP contribution in [0.3, 0.4) is 0 Å². The quantitative estimate of drug-likeness (QED) is 0.724. The molecule has 2 aromatic carbocycles. The monoisotopic (exact) mass is 402 g/mol. The maximum absolute atomic E-state index is 13.2. The molecule has 0 fully saturated rings. The third kappa shape index (κ3) is 5.53. The summed E-state index contributed by atoms with van der Waals surface area (Å²) in [6.45, 7) is 3.19. The van der Waals surface area contributed by atoms with Crippen LogP contribution >= 0.6 is 0 Å². The van der Waals surface area contributed by atoms with Crippen LogP contribution in [0, 0.1) is 11.6 Å². The molecular weight excluding hydrogens is 378 g/mol. The minimum Gasteiger partial charge on any atom is -0.481 e. The molecule has 0 bridgehead atoms. The zero-order chi connectivity index (χ0) is 20.8. The molecule has 0 saturated carbocycles. The molecule has 0 aromatic heterocycles. The van der Waals surface area contributed by atoms with Crippen LogP contribution in [0.2, 0.25) is 0 Å². The normalized spacial score (nSPS) is 14.1. The number of rotatable bonds is 7. The Labute approximate surface area is 168 Å². The molecule has 1 aliphatic heterocycles. The number of hydrogen-bond donors (Lipinski definition) is 1. The fourth-order valence-corrected chi connectivity index (χ4v) is 3.27. The van der Waals surface area contributed by atoms with Crippen LogP contribution in [0.5, 0.6) is 5.75 Å². The first-order valence-electron chi connectivity index (χ1n) is 9.68. The van der Waals surface area contributed by atoms with Crippen molar-refractivity contribution in [2.24, 2.45) is 0 Å². The highest BCUT2D eigenvalue weighted by Crippen LogP contribution is 2.19. The number of nitrogens with one attached hydrogen (secondary N) is 1. The Morgan fingerprint density at radius 3 is 2.66 bits per heavy atom. The van der Waals surface area contributed by atoms with Crippen molar-refractivity contribution in [3.8, 4) is 5.75 Å². The summed E-state index contributed by atoms with van der Waals surface area (Å²) >= 11 is 0. The van der Waals surface area contributed by atoms with Crippen molar-refractivity contribution in [3.63, 3.8) is 0 Å². The average molecular weight is 402 g/mol. The van der Waals surface area contributed by atoms with Gasteiger partial charge >= 0.3 is 0 Å². The fourth-order valence-electron chi connectivity index (χ4n) is 3.27. The number of nitrogens with zero attached hydrogens (tertiary/aromatic N) is 1. The summed E-state index contributed by atoms with van der Waals surface area (Å²) in [5.74, 6) is -2.24. The second kappa shape index (κ2) is 9.49. The van der Waals surface area contributed by atoms with E-state index in [9.17, 15) is 18.4 Å². The second-order valence-corrected chi connectivity index (χ2v) is 7.06. The van der Waals surface area contributed by atoms with E-state index in [4.69, 9.17) is 4.74 Å². The van der Waals surface area contributed by atoms with Gasteiger partial charge in [0.1, 0.15) is 5.75 Å². The van der Waals surface area contributed by atoms with E-state index in [-0.39, 0.29) is 17.6 Å². The maximum atomic E-state index is 13.2. The van der Waals surface area contributed by atoms with Crippen molar-refractivity contribution in [2.45, 2.75) is 38.8 Å². The second-order valence-electron chi connectivity index (χ2n) is 7.06. The molecular formula is C22H24F2N2O3. The lowest BCUT2D eigenvalue weighted by Gasteiger charge is -2.29. The Morgan fingerprint density at radius 2 is 1.90 bits per heavy atom. The first kappa shape index (κ1) is 20.8. The van der Waals surface area contributed by atoms with Gasteiger partial charge in [-0.25, -0.2) is 8.78 Å². The smallest absolute Gasteiger partial charge is 0.260 e. The third-order valence-corrected chi connectivity index (χ3v) is 4.92. The fraction of sp³-hybridized carbons (Fsp3) is 0.364. The van der Waals surface area contributed by atoms with E-state index in [0.717, 1.165) is 18.6 Å². The van der Waals surface area contributed by atoms with Crippen molar-refractivity contribution in [1.29, 1.82) is 0 Å². The number of hydrogen-bond acceptors (Lipinski definition) is 3. The van der Waals surface area contributed by atoms with E-state index in [2.05, 4.69) is 11.4 Å². The molecule has 7 heteroatoms. The Bertz CT molecular complexity index is 888. The molecule has 0 saturated heterocycles. The van der Waals surface area contributed by atoms with E-state index in [0.29, 0.717) is 32.5 Å². The average Bonchev–Trinajstić information content (AvgIpc) is 2.73. The van der Waals surface area contributed by atoms with Crippen molar-refractivity contribution >= 4 is 11.8 Å². The van der Waals surface area contributed by atoms with Gasteiger partial charge in [0.05, 0.1) is 0 Å². The summed E-state index contributed by atoms with van der Waals surface area (Å²) in [6.07, 6.45) is 0.855. The Kier molecular flexibility index (Phi) is 6.80. The number of halogens is 2. The minimum atomic E-state index is -1.03. The molecule has 2 amide bonds. The Morgan fingerprint density at radius 1 is 1.14 bits per heavy atom. The van der Waals surface area contributed by atoms with Gasteiger partial charge in [-0.3, -0.25) is 9.59 Å². The summed E-state index contributed by atoms with van der Waals surface area (Å²) in [5.41, 5.74) is 2.47. The highest BCUT2D eigenvalue weighted by atomic mass is 19.2. The minimum absolute atomic E-state index is 0.0693. The van der Waals surface area contributed by atoms with Gasteiger partial charge in [-0.05, 0) is 43.0 Å². The van der Waals surface area contributed by atoms with Crippen LogP contribution in [-0.2, 0) is 22.6 Å². The van der Waals surface area contributed by atoms with Crippen LogP contribution in [0.25, 0.3) is 0 Å². The van der Waals surface area contributed by atoms with E-state index in [1.807, 2.05) is 23.1 Å². The number of amides is 2. The van der Waals surface area contributed by atoms with E-state index in [1.165, 1.54) is 24.1 Å². The van der Waals surface area contributed by atoms with E-state index < -0.39 is 17.7 Å². The maximum Gasteiger partial charge on any atom is 0.260 e. The lowest BCUT2D eigenvalue weighted by molar-refractivity contribution is -0.132. The number of ether oxygens (including phenoxy) is 1. The summed E-state index contributed by atoms with van der Waals surface area (Å²) in [4.78, 5) is 26.3. The molecule has 2 aromatic rings. The molecule has 1 aliphatic rings. The third-order valence-electron chi connectivity index (χ3n) is 4.92. The summed E-state index contributed by atoms with van der Waals surface area (Å²) in [5, 5.41) is 2.70. The number of carbonyl (C=O) groups excluding carboxylic acids is 2. The van der Waals surface area contributed by atoms with Gasteiger partial charge in [0.25, 0.3) is 5.91 Å². The first-order valence-corrected chi connectivity index (χ1v) is 9.68. The lowest BCUT2D eigenvalue weighted by atomic mass is 9.99. The van der Waals surface area contributed by atoms with Crippen LogP contribution in [0.15, 0.2) is 42.5 Å². The topological polar surface area (TPSA) is 58.6 Å². The zero-order valence-corrected chi connectivity index (χ0v) is 16.3. The first-order chi connectivity index (χ1) is 13.9. The van der Waals surface area contributed by atoms with Gasteiger partial charge in [0, 0.05) is 32.1 Å².